The molecule has 0 aliphatic rings. The van der Waals surface area contributed by atoms with Crippen LogP contribution in [-0.4, -0.2) is 34.6 Å². The molecule has 25 heavy (non-hydrogen) atoms. The summed E-state index contributed by atoms with van der Waals surface area (Å²) in [5.74, 6) is 1.10. The molecule has 1 unspecified atom stereocenters. The SMILES string of the molecule is OC(CNCc1nnc(-c2ccc(F)cc2)o1)COc1ccccc1. The van der Waals surface area contributed by atoms with E-state index in [2.05, 4.69) is 15.5 Å². The average Bonchev–Trinajstić information content (AvgIpc) is 3.10. The Kier molecular flexibility index (Phi) is 5.71. The van der Waals surface area contributed by atoms with E-state index in [1.807, 2.05) is 30.3 Å². The van der Waals surface area contributed by atoms with Crippen LogP contribution in [0.2, 0.25) is 0 Å². The van der Waals surface area contributed by atoms with Gasteiger partial charge >= 0.3 is 0 Å². The van der Waals surface area contributed by atoms with Crippen LogP contribution in [0, 0.1) is 5.82 Å². The maximum atomic E-state index is 12.9. The molecule has 0 saturated carbocycles. The van der Waals surface area contributed by atoms with Crippen molar-refractivity contribution in [1.29, 1.82) is 0 Å². The van der Waals surface area contributed by atoms with Gasteiger partial charge in [0.2, 0.25) is 11.8 Å². The molecule has 7 heteroatoms. The van der Waals surface area contributed by atoms with Crippen LogP contribution in [0.4, 0.5) is 4.39 Å². The van der Waals surface area contributed by atoms with Crippen molar-refractivity contribution in [3.05, 3.63) is 66.3 Å². The van der Waals surface area contributed by atoms with E-state index in [0.717, 1.165) is 0 Å². The smallest absolute Gasteiger partial charge is 0.247 e. The number of para-hydroxylation sites is 1. The van der Waals surface area contributed by atoms with Crippen molar-refractivity contribution in [3.63, 3.8) is 0 Å². The summed E-state index contributed by atoms with van der Waals surface area (Å²) in [5.41, 5.74) is 0.649. The molecule has 3 aromatic rings. The van der Waals surface area contributed by atoms with Gasteiger partial charge in [-0.2, -0.15) is 0 Å². The first-order chi connectivity index (χ1) is 12.2. The van der Waals surface area contributed by atoms with Gasteiger partial charge in [0.25, 0.3) is 0 Å². The zero-order chi connectivity index (χ0) is 17.5. The molecule has 0 radical (unpaired) electrons. The molecule has 2 N–H and O–H groups in total. The first-order valence-corrected chi connectivity index (χ1v) is 7.85. The monoisotopic (exact) mass is 343 g/mol. The lowest BCUT2D eigenvalue weighted by Crippen LogP contribution is -2.31. The number of aliphatic hydroxyl groups is 1. The third-order valence-electron chi connectivity index (χ3n) is 3.40. The van der Waals surface area contributed by atoms with Gasteiger partial charge in [0.15, 0.2) is 0 Å². The Morgan fingerprint density at radius 2 is 1.84 bits per heavy atom. The number of aromatic nitrogens is 2. The van der Waals surface area contributed by atoms with Gasteiger partial charge in [0.05, 0.1) is 6.54 Å². The molecule has 0 amide bonds. The minimum absolute atomic E-state index is 0.182. The first-order valence-electron chi connectivity index (χ1n) is 7.85. The van der Waals surface area contributed by atoms with Crippen LogP contribution in [0.25, 0.3) is 11.5 Å². The van der Waals surface area contributed by atoms with E-state index in [-0.39, 0.29) is 12.4 Å². The van der Waals surface area contributed by atoms with Gasteiger partial charge < -0.3 is 19.6 Å². The molecule has 0 aliphatic carbocycles. The lowest BCUT2D eigenvalue weighted by molar-refractivity contribution is 0.105. The summed E-state index contributed by atoms with van der Waals surface area (Å²) in [4.78, 5) is 0. The second-order valence-electron chi connectivity index (χ2n) is 5.42. The summed E-state index contributed by atoms with van der Waals surface area (Å²) >= 11 is 0. The Morgan fingerprint density at radius 1 is 1.08 bits per heavy atom. The summed E-state index contributed by atoms with van der Waals surface area (Å²) in [6.45, 7) is 0.819. The van der Waals surface area contributed by atoms with Gasteiger partial charge in [-0.3, -0.25) is 0 Å². The summed E-state index contributed by atoms with van der Waals surface area (Å²) in [6, 6.07) is 15.1. The van der Waals surface area contributed by atoms with E-state index in [1.54, 1.807) is 12.1 Å². The van der Waals surface area contributed by atoms with Crippen molar-refractivity contribution >= 4 is 0 Å². The Balaban J connectivity index is 1.42. The molecule has 130 valence electrons. The van der Waals surface area contributed by atoms with E-state index in [0.29, 0.717) is 36.2 Å². The third-order valence-corrected chi connectivity index (χ3v) is 3.40. The molecule has 0 bridgehead atoms. The van der Waals surface area contributed by atoms with E-state index < -0.39 is 6.10 Å². The lowest BCUT2D eigenvalue weighted by atomic mass is 10.2. The lowest BCUT2D eigenvalue weighted by Gasteiger charge is -2.12. The fourth-order valence-corrected chi connectivity index (χ4v) is 2.15. The van der Waals surface area contributed by atoms with Gasteiger partial charge in [0.1, 0.15) is 24.3 Å². The highest BCUT2D eigenvalue weighted by atomic mass is 19.1. The van der Waals surface area contributed by atoms with Crippen molar-refractivity contribution < 1.29 is 18.7 Å². The molecule has 0 aliphatic heterocycles. The van der Waals surface area contributed by atoms with Gasteiger partial charge in [-0.25, -0.2) is 4.39 Å². The maximum absolute atomic E-state index is 12.9. The van der Waals surface area contributed by atoms with Crippen molar-refractivity contribution in [2.24, 2.45) is 0 Å². The molecule has 6 nitrogen and oxygen atoms in total. The molecule has 0 spiro atoms. The summed E-state index contributed by atoms with van der Waals surface area (Å²) in [7, 11) is 0. The Labute approximate surface area is 144 Å². The topological polar surface area (TPSA) is 80.4 Å². The number of rotatable bonds is 8. The number of nitrogens with one attached hydrogen (secondary N) is 1. The highest BCUT2D eigenvalue weighted by Crippen LogP contribution is 2.17. The van der Waals surface area contributed by atoms with E-state index in [4.69, 9.17) is 9.15 Å². The van der Waals surface area contributed by atoms with Crippen LogP contribution in [0.5, 0.6) is 5.75 Å². The van der Waals surface area contributed by atoms with Gasteiger partial charge in [-0.1, -0.05) is 18.2 Å². The summed E-state index contributed by atoms with van der Waals surface area (Å²) in [6.07, 6.45) is -0.667. The minimum Gasteiger partial charge on any atom is -0.491 e. The molecule has 3 rings (SSSR count). The summed E-state index contributed by atoms with van der Waals surface area (Å²) in [5, 5.41) is 20.8. The molecule has 1 heterocycles. The Hall–Kier alpha value is -2.77. The van der Waals surface area contributed by atoms with Gasteiger partial charge in [-0.15, -0.1) is 10.2 Å². The van der Waals surface area contributed by atoms with Crippen LogP contribution < -0.4 is 10.1 Å². The van der Waals surface area contributed by atoms with Crippen LogP contribution in [-0.2, 0) is 6.54 Å². The van der Waals surface area contributed by atoms with Crippen LogP contribution in [0.1, 0.15) is 5.89 Å². The zero-order valence-electron chi connectivity index (χ0n) is 13.4. The van der Waals surface area contributed by atoms with Gasteiger partial charge in [-0.05, 0) is 36.4 Å². The summed E-state index contributed by atoms with van der Waals surface area (Å²) < 4.78 is 23.9. The number of hydrogen-bond donors (Lipinski definition) is 2. The molecule has 2 aromatic carbocycles. The Bertz CT molecular complexity index is 778. The zero-order valence-corrected chi connectivity index (χ0v) is 13.4. The Morgan fingerprint density at radius 3 is 2.60 bits per heavy atom. The van der Waals surface area contributed by atoms with E-state index in [1.165, 1.54) is 12.1 Å². The highest BCUT2D eigenvalue weighted by molar-refractivity contribution is 5.51. The third kappa shape index (κ3) is 5.10. The van der Waals surface area contributed by atoms with Crippen LogP contribution in [0.15, 0.2) is 59.0 Å². The molecular weight excluding hydrogens is 325 g/mol. The largest absolute Gasteiger partial charge is 0.491 e. The van der Waals surface area contributed by atoms with Crippen LogP contribution >= 0.6 is 0 Å². The first kappa shape index (κ1) is 17.1. The second kappa shape index (κ2) is 8.36. The second-order valence-corrected chi connectivity index (χ2v) is 5.42. The van der Waals surface area contributed by atoms with Crippen molar-refractivity contribution in [3.8, 4) is 17.2 Å². The van der Waals surface area contributed by atoms with Crippen molar-refractivity contribution in [1.82, 2.24) is 15.5 Å². The quantitative estimate of drug-likeness (QED) is 0.654. The van der Waals surface area contributed by atoms with Gasteiger partial charge in [0, 0.05) is 12.1 Å². The number of ether oxygens (including phenoxy) is 1. The average molecular weight is 343 g/mol. The van der Waals surface area contributed by atoms with Crippen molar-refractivity contribution in [2.45, 2.75) is 12.6 Å². The highest BCUT2D eigenvalue weighted by Gasteiger charge is 2.10. The molecular formula is C18H18FN3O3. The van der Waals surface area contributed by atoms with E-state index in [9.17, 15) is 9.50 Å². The number of aliphatic hydroxyl groups excluding tert-OH is 1. The van der Waals surface area contributed by atoms with Crippen LogP contribution in [0.3, 0.4) is 0 Å². The maximum Gasteiger partial charge on any atom is 0.247 e. The number of nitrogens with zero attached hydrogens (tertiary/aromatic N) is 2. The predicted molar refractivity (Wildman–Crippen MR) is 89.3 cm³/mol. The molecule has 0 fully saturated rings. The van der Waals surface area contributed by atoms with E-state index >= 15 is 0 Å². The molecule has 1 atom stereocenters. The molecule has 0 saturated heterocycles. The fraction of sp³-hybridized carbons (Fsp3) is 0.222. The number of hydrogen-bond acceptors (Lipinski definition) is 6. The normalized spacial score (nSPS) is 12.1. The predicted octanol–water partition coefficient (Wildman–Crippen LogP) is 2.41. The standard InChI is InChI=1S/C18H18FN3O3/c19-14-8-6-13(7-9-14)18-22-21-17(25-18)11-20-10-15(23)12-24-16-4-2-1-3-5-16/h1-9,15,20,23H,10-12H2. The fourth-order valence-electron chi connectivity index (χ4n) is 2.15. The number of benzene rings is 2. The minimum atomic E-state index is -0.667. The number of halogens is 1. The van der Waals surface area contributed by atoms with Crippen molar-refractivity contribution in [2.75, 3.05) is 13.2 Å². The molecule has 1 aromatic heterocycles.